The monoisotopic (exact) mass is 357 g/mol. The zero-order valence-corrected chi connectivity index (χ0v) is 16.0. The molecule has 1 N–H and O–H groups in total. The van der Waals surface area contributed by atoms with E-state index in [4.69, 9.17) is 0 Å². The summed E-state index contributed by atoms with van der Waals surface area (Å²) in [7, 11) is 0. The lowest BCUT2D eigenvalue weighted by molar-refractivity contribution is -0.138. The van der Waals surface area contributed by atoms with Crippen molar-refractivity contribution in [2.45, 2.75) is 52.0 Å². The maximum Gasteiger partial charge on any atom is 0.241 e. The molecule has 1 atom stereocenters. The van der Waals surface area contributed by atoms with E-state index in [1.54, 1.807) is 0 Å². The zero-order valence-electron chi connectivity index (χ0n) is 16.0. The van der Waals surface area contributed by atoms with Gasteiger partial charge in [0.2, 0.25) is 11.8 Å². The van der Waals surface area contributed by atoms with E-state index in [-0.39, 0.29) is 17.9 Å². The maximum absolute atomic E-state index is 12.7. The summed E-state index contributed by atoms with van der Waals surface area (Å²) in [5.74, 6) is 0.498. The summed E-state index contributed by atoms with van der Waals surface area (Å²) in [6.07, 6.45) is 5.24. The van der Waals surface area contributed by atoms with Gasteiger partial charge in [-0.2, -0.15) is 0 Å². The van der Waals surface area contributed by atoms with Crippen molar-refractivity contribution in [2.75, 3.05) is 31.5 Å². The molecule has 0 aliphatic carbocycles. The highest BCUT2D eigenvalue weighted by molar-refractivity contribution is 5.95. The highest BCUT2D eigenvalue weighted by atomic mass is 16.2. The van der Waals surface area contributed by atoms with Gasteiger partial charge < -0.3 is 10.2 Å². The van der Waals surface area contributed by atoms with Crippen molar-refractivity contribution in [3.05, 3.63) is 29.8 Å². The number of rotatable bonds is 4. The SMILES string of the molecule is Cc1ccccc1NC(=O)C(C)N1CCC(C(=O)N2CCCCC2)CC1. The molecule has 1 aromatic rings. The van der Waals surface area contributed by atoms with Crippen LogP contribution in [-0.4, -0.2) is 53.8 Å². The molecule has 0 saturated carbocycles. The number of anilines is 1. The van der Waals surface area contributed by atoms with E-state index in [9.17, 15) is 9.59 Å². The van der Waals surface area contributed by atoms with Crippen LogP contribution >= 0.6 is 0 Å². The van der Waals surface area contributed by atoms with Crippen molar-refractivity contribution in [3.8, 4) is 0 Å². The van der Waals surface area contributed by atoms with Crippen LogP contribution in [0, 0.1) is 12.8 Å². The first-order chi connectivity index (χ1) is 12.6. The second kappa shape index (κ2) is 8.67. The van der Waals surface area contributed by atoms with Gasteiger partial charge in [-0.3, -0.25) is 14.5 Å². The van der Waals surface area contributed by atoms with E-state index < -0.39 is 0 Å². The third-order valence-corrected chi connectivity index (χ3v) is 5.88. The van der Waals surface area contributed by atoms with Crippen molar-refractivity contribution in [2.24, 2.45) is 5.92 Å². The van der Waals surface area contributed by atoms with Gasteiger partial charge in [0.15, 0.2) is 0 Å². The third-order valence-electron chi connectivity index (χ3n) is 5.88. The summed E-state index contributed by atoms with van der Waals surface area (Å²) in [4.78, 5) is 29.5. The molecule has 2 aliphatic heterocycles. The number of nitrogens with one attached hydrogen (secondary N) is 1. The number of aryl methyl sites for hydroxylation is 1. The van der Waals surface area contributed by atoms with Gasteiger partial charge >= 0.3 is 0 Å². The first-order valence-electron chi connectivity index (χ1n) is 9.95. The largest absolute Gasteiger partial charge is 0.342 e. The Bertz CT molecular complexity index is 632. The van der Waals surface area contributed by atoms with Crippen LogP contribution in [0.4, 0.5) is 5.69 Å². The van der Waals surface area contributed by atoms with Gasteiger partial charge in [-0.1, -0.05) is 18.2 Å². The van der Waals surface area contributed by atoms with Gasteiger partial charge in [-0.25, -0.2) is 0 Å². The first-order valence-corrected chi connectivity index (χ1v) is 9.95. The Labute approximate surface area is 156 Å². The van der Waals surface area contributed by atoms with E-state index in [1.165, 1.54) is 6.42 Å². The third kappa shape index (κ3) is 4.44. The van der Waals surface area contributed by atoms with Gasteiger partial charge in [0.25, 0.3) is 0 Å². The minimum Gasteiger partial charge on any atom is -0.342 e. The van der Waals surface area contributed by atoms with Gasteiger partial charge in [-0.05, 0) is 70.7 Å². The number of nitrogens with zero attached hydrogens (tertiary/aromatic N) is 2. The Balaban J connectivity index is 1.50. The fourth-order valence-electron chi connectivity index (χ4n) is 4.02. The van der Waals surface area contributed by atoms with Crippen molar-refractivity contribution >= 4 is 17.5 Å². The molecule has 3 rings (SSSR count). The van der Waals surface area contributed by atoms with Crippen LogP contribution in [0.15, 0.2) is 24.3 Å². The molecule has 2 heterocycles. The number of carbonyl (C=O) groups excluding carboxylic acids is 2. The normalized spacial score (nSPS) is 20.6. The minimum atomic E-state index is -0.180. The molecule has 2 saturated heterocycles. The van der Waals surface area contributed by atoms with Crippen LogP contribution in [0.3, 0.4) is 0 Å². The number of carbonyl (C=O) groups is 2. The topological polar surface area (TPSA) is 52.7 Å². The summed E-state index contributed by atoms with van der Waals surface area (Å²) < 4.78 is 0. The number of benzene rings is 1. The van der Waals surface area contributed by atoms with E-state index in [2.05, 4.69) is 15.1 Å². The van der Waals surface area contributed by atoms with Gasteiger partial charge in [0.1, 0.15) is 0 Å². The number of likely N-dealkylation sites (tertiary alicyclic amines) is 2. The molecule has 2 aliphatic rings. The molecule has 1 unspecified atom stereocenters. The van der Waals surface area contributed by atoms with Crippen molar-refractivity contribution in [3.63, 3.8) is 0 Å². The summed E-state index contributed by atoms with van der Waals surface area (Å²) in [6, 6.07) is 7.66. The lowest BCUT2D eigenvalue weighted by Gasteiger charge is -2.37. The lowest BCUT2D eigenvalue weighted by Crippen LogP contribution is -2.49. The highest BCUT2D eigenvalue weighted by Gasteiger charge is 2.32. The molecule has 0 spiro atoms. The van der Waals surface area contributed by atoms with Crippen LogP contribution in [0.2, 0.25) is 0 Å². The number of piperidine rings is 2. The standard InChI is InChI=1S/C21H31N3O2/c1-16-8-4-5-9-19(16)22-20(25)17(2)23-14-10-18(11-15-23)21(26)24-12-6-3-7-13-24/h4-5,8-9,17-18H,3,6-7,10-15H2,1-2H3,(H,22,25). The van der Waals surface area contributed by atoms with Gasteiger partial charge in [0.05, 0.1) is 6.04 Å². The second-order valence-corrected chi connectivity index (χ2v) is 7.68. The highest BCUT2D eigenvalue weighted by Crippen LogP contribution is 2.23. The van der Waals surface area contributed by atoms with Crippen molar-refractivity contribution < 1.29 is 9.59 Å². The van der Waals surface area contributed by atoms with Gasteiger partial charge in [-0.15, -0.1) is 0 Å². The van der Waals surface area contributed by atoms with Crippen molar-refractivity contribution in [1.82, 2.24) is 9.80 Å². The molecule has 26 heavy (non-hydrogen) atoms. The molecule has 2 amide bonds. The smallest absolute Gasteiger partial charge is 0.241 e. The van der Waals surface area contributed by atoms with Crippen LogP contribution < -0.4 is 5.32 Å². The summed E-state index contributed by atoms with van der Waals surface area (Å²) in [5.41, 5.74) is 1.94. The zero-order chi connectivity index (χ0) is 18.5. The number of para-hydroxylation sites is 1. The molecule has 5 heteroatoms. The van der Waals surface area contributed by atoms with Gasteiger partial charge in [0, 0.05) is 24.7 Å². The molecule has 1 aromatic carbocycles. The average Bonchev–Trinajstić information content (AvgIpc) is 2.69. The lowest BCUT2D eigenvalue weighted by atomic mass is 9.93. The van der Waals surface area contributed by atoms with Crippen LogP contribution in [0.1, 0.15) is 44.6 Å². The predicted molar refractivity (Wildman–Crippen MR) is 104 cm³/mol. The van der Waals surface area contributed by atoms with Crippen LogP contribution in [-0.2, 0) is 9.59 Å². The summed E-state index contributed by atoms with van der Waals surface area (Å²) in [6.45, 7) is 7.43. The molecular weight excluding hydrogens is 326 g/mol. The fraction of sp³-hybridized carbons (Fsp3) is 0.619. The molecule has 0 bridgehead atoms. The quantitative estimate of drug-likeness (QED) is 0.901. The Morgan fingerprint density at radius 2 is 1.69 bits per heavy atom. The Kier molecular flexibility index (Phi) is 6.30. The molecular formula is C21H31N3O2. The number of hydrogen-bond acceptors (Lipinski definition) is 3. The Hall–Kier alpha value is -1.88. The minimum absolute atomic E-state index is 0.0279. The van der Waals surface area contributed by atoms with E-state index in [0.717, 1.165) is 63.1 Å². The first kappa shape index (κ1) is 18.9. The fourth-order valence-corrected chi connectivity index (χ4v) is 4.02. The summed E-state index contributed by atoms with van der Waals surface area (Å²) >= 11 is 0. The second-order valence-electron chi connectivity index (χ2n) is 7.68. The predicted octanol–water partition coefficient (Wildman–Crippen LogP) is 3.05. The molecule has 142 valence electrons. The van der Waals surface area contributed by atoms with Crippen molar-refractivity contribution in [1.29, 1.82) is 0 Å². The molecule has 0 aromatic heterocycles. The van der Waals surface area contributed by atoms with E-state index >= 15 is 0 Å². The van der Waals surface area contributed by atoms with Crippen LogP contribution in [0.25, 0.3) is 0 Å². The summed E-state index contributed by atoms with van der Waals surface area (Å²) in [5, 5.41) is 3.04. The number of hydrogen-bond donors (Lipinski definition) is 1. The molecule has 5 nitrogen and oxygen atoms in total. The average molecular weight is 357 g/mol. The molecule has 2 fully saturated rings. The maximum atomic E-state index is 12.7. The van der Waals surface area contributed by atoms with E-state index in [1.807, 2.05) is 38.1 Å². The van der Waals surface area contributed by atoms with E-state index in [0.29, 0.717) is 5.91 Å². The molecule has 0 radical (unpaired) electrons. The Morgan fingerprint density at radius 3 is 2.35 bits per heavy atom. The number of amides is 2. The van der Waals surface area contributed by atoms with Crippen LogP contribution in [0.5, 0.6) is 0 Å². The Morgan fingerprint density at radius 1 is 1.04 bits per heavy atom.